The average molecular weight is 252 g/mol. The maximum absolute atomic E-state index is 5.44. The molecule has 0 saturated carbocycles. The van der Waals surface area contributed by atoms with E-state index in [1.807, 2.05) is 13.8 Å². The van der Waals surface area contributed by atoms with Crippen LogP contribution in [-0.2, 0) is 9.47 Å². The topological polar surface area (TPSA) is 18.5 Å². The number of hydrogen-bond donors (Lipinski definition) is 0. The minimum Gasteiger partial charge on any atom is -0.385 e. The molecule has 0 N–H and O–H groups in total. The fourth-order valence-corrected chi connectivity index (χ4v) is 1.80. The summed E-state index contributed by atoms with van der Waals surface area (Å²) in [5.41, 5.74) is 2.60. The van der Waals surface area contributed by atoms with Gasteiger partial charge in [0.25, 0.3) is 0 Å². The van der Waals surface area contributed by atoms with Gasteiger partial charge in [0.1, 0.15) is 0 Å². The molecule has 0 saturated heterocycles. The second-order valence-corrected chi connectivity index (χ2v) is 4.09. The third-order valence-corrected chi connectivity index (χ3v) is 2.73. The van der Waals surface area contributed by atoms with Crippen LogP contribution < -0.4 is 0 Å². The summed E-state index contributed by atoms with van der Waals surface area (Å²) in [7, 11) is 3.51. The molecule has 0 heterocycles. The monoisotopic (exact) mass is 252 g/mol. The predicted molar refractivity (Wildman–Crippen MR) is 78.9 cm³/mol. The van der Waals surface area contributed by atoms with Crippen LogP contribution in [0.2, 0.25) is 0 Å². The number of ether oxygens (including phenoxy) is 2. The van der Waals surface area contributed by atoms with E-state index in [9.17, 15) is 0 Å². The molecule has 0 aliphatic heterocycles. The number of unbranched alkanes of at least 4 members (excludes halogenated alkanes) is 1. The SMILES string of the molecule is CC.COCCC/C=C/C1=CC(C)=CCC1OC. The molecular formula is C16H28O2. The second-order valence-electron chi connectivity index (χ2n) is 4.09. The minimum atomic E-state index is 0.224. The molecule has 0 aromatic rings. The van der Waals surface area contributed by atoms with Gasteiger partial charge in [-0.2, -0.15) is 0 Å². The van der Waals surface area contributed by atoms with Gasteiger partial charge in [0, 0.05) is 20.8 Å². The van der Waals surface area contributed by atoms with Gasteiger partial charge in [0.15, 0.2) is 0 Å². The lowest BCUT2D eigenvalue weighted by Gasteiger charge is -2.19. The Kier molecular flexibility index (Phi) is 10.7. The van der Waals surface area contributed by atoms with Crippen molar-refractivity contribution in [1.82, 2.24) is 0 Å². The summed E-state index contributed by atoms with van der Waals surface area (Å²) in [6.07, 6.45) is 12.1. The molecule has 1 rings (SSSR count). The molecule has 1 atom stereocenters. The highest BCUT2D eigenvalue weighted by molar-refractivity contribution is 5.36. The first-order valence-electron chi connectivity index (χ1n) is 6.84. The van der Waals surface area contributed by atoms with Crippen LogP contribution in [0.3, 0.4) is 0 Å². The van der Waals surface area contributed by atoms with Crippen LogP contribution in [0.4, 0.5) is 0 Å². The predicted octanol–water partition coefficient (Wildman–Crippen LogP) is 4.29. The highest BCUT2D eigenvalue weighted by Crippen LogP contribution is 2.21. The van der Waals surface area contributed by atoms with Crippen LogP contribution in [0.1, 0.15) is 40.0 Å². The van der Waals surface area contributed by atoms with E-state index in [1.165, 1.54) is 11.1 Å². The standard InChI is InChI=1S/C14H22O2.C2H6/c1-12-8-9-14(16-3)13(11-12)7-5-4-6-10-15-2;1-2/h5,7-8,11,14H,4,6,9-10H2,1-3H3;1-2H3/b7-5+;. The second kappa shape index (κ2) is 11.2. The van der Waals surface area contributed by atoms with E-state index in [-0.39, 0.29) is 6.10 Å². The fourth-order valence-electron chi connectivity index (χ4n) is 1.80. The molecule has 1 unspecified atom stereocenters. The molecule has 0 radical (unpaired) electrons. The lowest BCUT2D eigenvalue weighted by Crippen LogP contribution is -2.14. The van der Waals surface area contributed by atoms with Gasteiger partial charge < -0.3 is 9.47 Å². The largest absolute Gasteiger partial charge is 0.385 e. The van der Waals surface area contributed by atoms with Crippen molar-refractivity contribution >= 4 is 0 Å². The Bertz CT molecular complexity index is 287. The van der Waals surface area contributed by atoms with Crippen LogP contribution in [0.5, 0.6) is 0 Å². The molecule has 0 spiro atoms. The third kappa shape index (κ3) is 6.77. The maximum Gasteiger partial charge on any atom is 0.0855 e. The molecule has 1 aliphatic rings. The molecule has 18 heavy (non-hydrogen) atoms. The lowest BCUT2D eigenvalue weighted by molar-refractivity contribution is 0.135. The molecule has 0 fully saturated rings. The molecule has 0 aromatic carbocycles. The van der Waals surface area contributed by atoms with Crippen LogP contribution in [0.15, 0.2) is 35.5 Å². The summed E-state index contributed by atoms with van der Waals surface area (Å²) >= 11 is 0. The van der Waals surface area contributed by atoms with Gasteiger partial charge in [-0.05, 0) is 31.8 Å². The number of methoxy groups -OCH3 is 2. The van der Waals surface area contributed by atoms with Crippen LogP contribution in [-0.4, -0.2) is 26.9 Å². The highest BCUT2D eigenvalue weighted by atomic mass is 16.5. The summed E-state index contributed by atoms with van der Waals surface area (Å²) in [5.74, 6) is 0. The van der Waals surface area contributed by atoms with Gasteiger partial charge >= 0.3 is 0 Å². The van der Waals surface area contributed by atoms with Crippen molar-refractivity contribution in [3.8, 4) is 0 Å². The first-order chi connectivity index (χ1) is 8.77. The van der Waals surface area contributed by atoms with Gasteiger partial charge in [-0.25, -0.2) is 0 Å². The van der Waals surface area contributed by atoms with E-state index in [1.54, 1.807) is 14.2 Å². The zero-order chi connectivity index (χ0) is 13.8. The van der Waals surface area contributed by atoms with Crippen molar-refractivity contribution in [2.75, 3.05) is 20.8 Å². The van der Waals surface area contributed by atoms with Crippen LogP contribution >= 0.6 is 0 Å². The Morgan fingerprint density at radius 3 is 2.67 bits per heavy atom. The summed E-state index contributed by atoms with van der Waals surface area (Å²) in [6.45, 7) is 6.96. The van der Waals surface area contributed by atoms with Gasteiger partial charge in [0.2, 0.25) is 0 Å². The minimum absolute atomic E-state index is 0.224. The average Bonchev–Trinajstić information content (AvgIpc) is 2.41. The van der Waals surface area contributed by atoms with Crippen molar-refractivity contribution in [2.45, 2.75) is 46.1 Å². The fraction of sp³-hybridized carbons (Fsp3) is 0.625. The summed E-state index contributed by atoms with van der Waals surface area (Å²) in [5, 5.41) is 0. The smallest absolute Gasteiger partial charge is 0.0855 e. The van der Waals surface area contributed by atoms with Crippen molar-refractivity contribution in [1.29, 1.82) is 0 Å². The van der Waals surface area contributed by atoms with Crippen LogP contribution in [0, 0.1) is 0 Å². The van der Waals surface area contributed by atoms with E-state index in [0.29, 0.717) is 0 Å². The van der Waals surface area contributed by atoms with Crippen molar-refractivity contribution in [2.24, 2.45) is 0 Å². The van der Waals surface area contributed by atoms with E-state index in [4.69, 9.17) is 9.47 Å². The van der Waals surface area contributed by atoms with E-state index in [0.717, 1.165) is 25.9 Å². The first-order valence-corrected chi connectivity index (χ1v) is 6.84. The Balaban J connectivity index is 0.00000137. The zero-order valence-electron chi connectivity index (χ0n) is 12.5. The summed E-state index contributed by atoms with van der Waals surface area (Å²) < 4.78 is 10.5. The number of hydrogen-bond acceptors (Lipinski definition) is 2. The van der Waals surface area contributed by atoms with Gasteiger partial charge in [-0.3, -0.25) is 0 Å². The van der Waals surface area contributed by atoms with E-state index in [2.05, 4.69) is 31.2 Å². The number of rotatable bonds is 6. The van der Waals surface area contributed by atoms with E-state index >= 15 is 0 Å². The van der Waals surface area contributed by atoms with Gasteiger partial charge in [-0.1, -0.05) is 43.7 Å². The van der Waals surface area contributed by atoms with Crippen LogP contribution in [0.25, 0.3) is 0 Å². The Morgan fingerprint density at radius 1 is 1.33 bits per heavy atom. The Morgan fingerprint density at radius 2 is 2.06 bits per heavy atom. The Hall–Kier alpha value is -0.860. The normalized spacial score (nSPS) is 19.1. The summed E-state index contributed by atoms with van der Waals surface area (Å²) in [4.78, 5) is 0. The molecule has 104 valence electrons. The molecule has 0 bridgehead atoms. The van der Waals surface area contributed by atoms with Crippen molar-refractivity contribution in [3.05, 3.63) is 35.5 Å². The maximum atomic E-state index is 5.44. The highest BCUT2D eigenvalue weighted by Gasteiger charge is 2.13. The quantitative estimate of drug-likeness (QED) is 0.657. The van der Waals surface area contributed by atoms with Crippen molar-refractivity contribution in [3.63, 3.8) is 0 Å². The molecular weight excluding hydrogens is 224 g/mol. The zero-order valence-corrected chi connectivity index (χ0v) is 12.5. The molecule has 0 aromatic heterocycles. The van der Waals surface area contributed by atoms with Crippen molar-refractivity contribution < 1.29 is 9.47 Å². The van der Waals surface area contributed by atoms with Gasteiger partial charge in [-0.15, -0.1) is 0 Å². The number of allylic oxidation sites excluding steroid dienone is 3. The third-order valence-electron chi connectivity index (χ3n) is 2.73. The molecule has 2 heteroatoms. The lowest BCUT2D eigenvalue weighted by atomic mass is 9.96. The molecule has 0 amide bonds. The Labute approximate surface area is 112 Å². The summed E-state index contributed by atoms with van der Waals surface area (Å²) in [6, 6.07) is 0. The molecule has 1 aliphatic carbocycles. The van der Waals surface area contributed by atoms with E-state index < -0.39 is 0 Å². The molecule has 2 nitrogen and oxygen atoms in total. The van der Waals surface area contributed by atoms with Gasteiger partial charge in [0.05, 0.1) is 6.10 Å². The first kappa shape index (κ1) is 17.1.